The summed E-state index contributed by atoms with van der Waals surface area (Å²) in [6.07, 6.45) is 3.48. The second kappa shape index (κ2) is 12.5. The monoisotopic (exact) mass is 602 g/mol. The van der Waals surface area contributed by atoms with Crippen LogP contribution in [-0.4, -0.2) is 50.9 Å². The van der Waals surface area contributed by atoms with Gasteiger partial charge in [-0.25, -0.2) is 4.98 Å². The molecular weight excluding hydrogens is 577 g/mol. The van der Waals surface area contributed by atoms with Crippen LogP contribution < -0.4 is 4.90 Å². The van der Waals surface area contributed by atoms with E-state index < -0.39 is 0 Å². The number of benzene rings is 3. The maximum absolute atomic E-state index is 14.0. The van der Waals surface area contributed by atoms with Gasteiger partial charge in [0.15, 0.2) is 0 Å². The Hall–Kier alpha value is -4.90. The summed E-state index contributed by atoms with van der Waals surface area (Å²) >= 11 is 3.34. The van der Waals surface area contributed by atoms with E-state index in [1.54, 1.807) is 53.8 Å². The summed E-state index contributed by atoms with van der Waals surface area (Å²) in [5.74, 6) is 1.75. The van der Waals surface area contributed by atoms with Crippen LogP contribution in [0.4, 0.5) is 5.69 Å². The van der Waals surface area contributed by atoms with E-state index in [1.807, 2.05) is 57.6 Å². The van der Waals surface area contributed by atoms with Crippen molar-refractivity contribution in [2.75, 3.05) is 29.5 Å². The predicted molar refractivity (Wildman–Crippen MR) is 169 cm³/mol. The zero-order valence-electron chi connectivity index (χ0n) is 23.1. The maximum Gasteiger partial charge on any atom is 0.264 e. The van der Waals surface area contributed by atoms with Crippen molar-refractivity contribution < 1.29 is 9.59 Å². The van der Waals surface area contributed by atoms with Gasteiger partial charge in [0.1, 0.15) is 0 Å². The molecule has 212 valence electrons. The number of carbonyl (C=O) groups is 2. The number of hydrogen-bond acceptors (Lipinski definition) is 7. The molecule has 1 saturated heterocycles. The minimum absolute atomic E-state index is 0.0558. The van der Waals surface area contributed by atoms with Crippen molar-refractivity contribution in [3.05, 3.63) is 118 Å². The molecule has 2 aromatic heterocycles. The number of rotatable bonds is 7. The van der Waals surface area contributed by atoms with Crippen LogP contribution in [0.25, 0.3) is 10.1 Å². The quantitative estimate of drug-likeness (QED) is 0.229. The number of amides is 2. The molecule has 0 saturated carbocycles. The largest absolute Gasteiger partial charge is 0.336 e. The van der Waals surface area contributed by atoms with Crippen LogP contribution in [-0.2, 0) is 13.1 Å². The molecule has 43 heavy (non-hydrogen) atoms. The van der Waals surface area contributed by atoms with Crippen molar-refractivity contribution in [2.24, 2.45) is 0 Å². The Bertz CT molecular complexity index is 1870. The van der Waals surface area contributed by atoms with Gasteiger partial charge in [-0.1, -0.05) is 12.1 Å². The van der Waals surface area contributed by atoms with Crippen LogP contribution in [0.3, 0.4) is 0 Å². The SMILES string of the molecule is N#Cc1ccc(Cn2cncc2CN(C(=O)c2ccc(C#N)cc2)c2ccc3sc(C(=O)N4CCSCC4)cc3c2)cc1. The van der Waals surface area contributed by atoms with Gasteiger partial charge in [0, 0.05) is 53.3 Å². The molecule has 3 aromatic carbocycles. The van der Waals surface area contributed by atoms with E-state index >= 15 is 0 Å². The average Bonchev–Trinajstić information content (AvgIpc) is 3.70. The Kier molecular flexibility index (Phi) is 8.23. The van der Waals surface area contributed by atoms with Crippen molar-refractivity contribution in [3.63, 3.8) is 0 Å². The molecule has 2 amide bonds. The third-order valence-electron chi connectivity index (χ3n) is 7.38. The molecule has 8 nitrogen and oxygen atoms in total. The first-order chi connectivity index (χ1) is 21.0. The van der Waals surface area contributed by atoms with Crippen LogP contribution in [0.5, 0.6) is 0 Å². The fraction of sp³-hybridized carbons (Fsp3) is 0.182. The number of nitrogens with zero attached hydrogens (tertiary/aromatic N) is 6. The molecule has 0 aliphatic carbocycles. The van der Waals surface area contributed by atoms with Crippen LogP contribution in [0.15, 0.2) is 85.3 Å². The highest BCUT2D eigenvalue weighted by molar-refractivity contribution is 7.99. The highest BCUT2D eigenvalue weighted by Gasteiger charge is 2.23. The molecular formula is C33H26N6O2S2. The number of imidazole rings is 1. The van der Waals surface area contributed by atoms with Gasteiger partial charge in [0.2, 0.25) is 0 Å². The van der Waals surface area contributed by atoms with Crippen molar-refractivity contribution in [1.29, 1.82) is 10.5 Å². The maximum atomic E-state index is 14.0. The van der Waals surface area contributed by atoms with E-state index in [0.29, 0.717) is 33.8 Å². The number of aromatic nitrogens is 2. The summed E-state index contributed by atoms with van der Waals surface area (Å²) in [5.41, 5.74) is 4.06. The van der Waals surface area contributed by atoms with Gasteiger partial charge >= 0.3 is 0 Å². The van der Waals surface area contributed by atoms with Crippen molar-refractivity contribution in [3.8, 4) is 12.1 Å². The zero-order chi connectivity index (χ0) is 29.8. The van der Waals surface area contributed by atoms with E-state index in [0.717, 1.165) is 45.9 Å². The van der Waals surface area contributed by atoms with E-state index in [-0.39, 0.29) is 18.4 Å². The highest BCUT2D eigenvalue weighted by Crippen LogP contribution is 2.32. The predicted octanol–water partition coefficient (Wildman–Crippen LogP) is 5.93. The molecule has 0 radical (unpaired) electrons. The first kappa shape index (κ1) is 28.2. The molecule has 1 aliphatic rings. The topological polar surface area (TPSA) is 106 Å². The fourth-order valence-electron chi connectivity index (χ4n) is 5.02. The third-order valence-corrected chi connectivity index (χ3v) is 9.43. The number of thioether (sulfide) groups is 1. The third kappa shape index (κ3) is 6.17. The van der Waals surface area contributed by atoms with E-state index in [2.05, 4.69) is 17.1 Å². The van der Waals surface area contributed by atoms with Crippen LogP contribution in [0.2, 0.25) is 0 Å². The molecule has 3 heterocycles. The van der Waals surface area contributed by atoms with Gasteiger partial charge in [0.05, 0.1) is 46.7 Å². The second-order valence-corrected chi connectivity index (χ2v) is 12.4. The number of hydrogen-bond donors (Lipinski definition) is 0. The molecule has 0 atom stereocenters. The molecule has 0 bridgehead atoms. The van der Waals surface area contributed by atoms with Crippen molar-refractivity contribution in [1.82, 2.24) is 14.5 Å². The standard InChI is InChI=1S/C33H26N6O2S2/c34-17-23-1-3-25(4-2-23)20-38-22-36-19-29(38)21-39(32(40)26-7-5-24(18-35)6-8-26)28-9-10-30-27(15-28)16-31(43-30)33(41)37-11-13-42-14-12-37/h1-10,15-16,19,22H,11-14,20-21H2. The van der Waals surface area contributed by atoms with Gasteiger partial charge in [-0.05, 0) is 71.6 Å². The molecule has 0 N–H and O–H groups in total. The Morgan fingerprint density at radius 3 is 2.30 bits per heavy atom. The minimum atomic E-state index is -0.215. The van der Waals surface area contributed by atoms with E-state index in [9.17, 15) is 14.9 Å². The first-order valence-electron chi connectivity index (χ1n) is 13.7. The number of fused-ring (bicyclic) bond motifs is 1. The fourth-order valence-corrected chi connectivity index (χ4v) is 6.93. The number of nitriles is 2. The Labute approximate surface area is 257 Å². The lowest BCUT2D eigenvalue weighted by atomic mass is 10.1. The van der Waals surface area contributed by atoms with Gasteiger partial charge in [-0.15, -0.1) is 11.3 Å². The van der Waals surface area contributed by atoms with Crippen molar-refractivity contribution >= 4 is 50.7 Å². The molecule has 0 spiro atoms. The molecule has 1 aliphatic heterocycles. The lowest BCUT2D eigenvalue weighted by Gasteiger charge is -2.25. The minimum Gasteiger partial charge on any atom is -0.336 e. The van der Waals surface area contributed by atoms with Crippen LogP contribution in [0.1, 0.15) is 42.4 Å². The summed E-state index contributed by atoms with van der Waals surface area (Å²) in [7, 11) is 0. The summed E-state index contributed by atoms with van der Waals surface area (Å²) in [4.78, 5) is 35.9. The molecule has 1 fully saturated rings. The Morgan fingerprint density at radius 1 is 0.907 bits per heavy atom. The first-order valence-corrected chi connectivity index (χ1v) is 15.7. The van der Waals surface area contributed by atoms with Crippen molar-refractivity contribution in [2.45, 2.75) is 13.1 Å². The molecule has 6 rings (SSSR count). The normalized spacial score (nSPS) is 12.9. The van der Waals surface area contributed by atoms with Crippen LogP contribution >= 0.6 is 23.1 Å². The van der Waals surface area contributed by atoms with Gasteiger partial charge < -0.3 is 14.4 Å². The summed E-state index contributed by atoms with van der Waals surface area (Å²) in [6.45, 7) is 2.30. The molecule has 0 unspecified atom stereocenters. The van der Waals surface area contributed by atoms with Crippen LogP contribution in [0, 0.1) is 22.7 Å². The van der Waals surface area contributed by atoms with E-state index in [1.165, 1.54) is 11.3 Å². The summed E-state index contributed by atoms with van der Waals surface area (Å²) < 4.78 is 2.96. The lowest BCUT2D eigenvalue weighted by Crippen LogP contribution is -2.37. The lowest BCUT2D eigenvalue weighted by molar-refractivity contribution is 0.0777. The second-order valence-electron chi connectivity index (χ2n) is 10.1. The average molecular weight is 603 g/mol. The number of thiophene rings is 1. The molecule has 5 aromatic rings. The summed E-state index contributed by atoms with van der Waals surface area (Å²) in [5, 5.41) is 19.3. The zero-order valence-corrected chi connectivity index (χ0v) is 24.8. The number of anilines is 1. The van der Waals surface area contributed by atoms with Gasteiger partial charge in [-0.3, -0.25) is 9.59 Å². The highest BCUT2D eigenvalue weighted by atomic mass is 32.2. The van der Waals surface area contributed by atoms with E-state index in [4.69, 9.17) is 5.26 Å². The summed E-state index contributed by atoms with van der Waals surface area (Å²) in [6, 6.07) is 26.0. The van der Waals surface area contributed by atoms with Gasteiger partial charge in [0.25, 0.3) is 11.8 Å². The molecule has 10 heteroatoms. The number of carbonyl (C=O) groups excluding carboxylic acids is 2. The van der Waals surface area contributed by atoms with Gasteiger partial charge in [-0.2, -0.15) is 22.3 Å². The Morgan fingerprint density at radius 2 is 1.60 bits per heavy atom. The smallest absolute Gasteiger partial charge is 0.264 e. The Balaban J connectivity index is 1.33.